The summed E-state index contributed by atoms with van der Waals surface area (Å²) in [5, 5.41) is 12.4. The summed E-state index contributed by atoms with van der Waals surface area (Å²) in [6.45, 7) is 5.10. The topological polar surface area (TPSA) is 49.6 Å². The van der Waals surface area contributed by atoms with Gasteiger partial charge in [-0.1, -0.05) is 6.07 Å². The number of imidazole rings is 1. The summed E-state index contributed by atoms with van der Waals surface area (Å²) < 4.78 is 2.07. The van der Waals surface area contributed by atoms with Crippen LogP contribution in [0.1, 0.15) is 18.3 Å². The molecule has 2 heterocycles. The minimum Gasteiger partial charge on any atom is -0.392 e. The number of hydrogen-bond acceptors (Lipinski definition) is 3. The van der Waals surface area contributed by atoms with Gasteiger partial charge in [0.25, 0.3) is 0 Å². The Hall–Kier alpha value is -1.39. The van der Waals surface area contributed by atoms with Crippen molar-refractivity contribution in [3.63, 3.8) is 0 Å². The first kappa shape index (κ1) is 11.1. The zero-order valence-corrected chi connectivity index (χ0v) is 9.64. The van der Waals surface area contributed by atoms with E-state index in [1.807, 2.05) is 31.3 Å². The SMILES string of the molecule is Cc1nc2ccccn2c1CNCC(C)O. The average molecular weight is 219 g/mol. The Balaban J connectivity index is 2.19. The Morgan fingerprint density at radius 3 is 3.06 bits per heavy atom. The van der Waals surface area contributed by atoms with E-state index in [2.05, 4.69) is 14.7 Å². The zero-order valence-electron chi connectivity index (χ0n) is 9.64. The van der Waals surface area contributed by atoms with Crippen LogP contribution in [0.4, 0.5) is 0 Å². The van der Waals surface area contributed by atoms with Crippen LogP contribution in [0.25, 0.3) is 5.65 Å². The van der Waals surface area contributed by atoms with Crippen LogP contribution in [0.2, 0.25) is 0 Å². The molecule has 2 N–H and O–H groups in total. The van der Waals surface area contributed by atoms with Crippen molar-refractivity contribution >= 4 is 5.65 Å². The van der Waals surface area contributed by atoms with Gasteiger partial charge in [-0.15, -0.1) is 0 Å². The van der Waals surface area contributed by atoms with Gasteiger partial charge in [0.1, 0.15) is 5.65 Å². The van der Waals surface area contributed by atoms with Crippen LogP contribution in [-0.2, 0) is 6.54 Å². The van der Waals surface area contributed by atoms with E-state index in [9.17, 15) is 5.11 Å². The molecular weight excluding hydrogens is 202 g/mol. The van der Waals surface area contributed by atoms with E-state index < -0.39 is 0 Å². The summed E-state index contributed by atoms with van der Waals surface area (Å²) in [5.41, 5.74) is 3.15. The van der Waals surface area contributed by atoms with Crippen LogP contribution in [0, 0.1) is 6.92 Å². The van der Waals surface area contributed by atoms with Crippen LogP contribution in [0.15, 0.2) is 24.4 Å². The van der Waals surface area contributed by atoms with Crippen molar-refractivity contribution in [2.75, 3.05) is 6.54 Å². The molecule has 1 atom stereocenters. The average Bonchev–Trinajstić information content (AvgIpc) is 2.55. The van der Waals surface area contributed by atoms with Gasteiger partial charge in [0.2, 0.25) is 0 Å². The van der Waals surface area contributed by atoms with Crippen molar-refractivity contribution in [3.8, 4) is 0 Å². The lowest BCUT2D eigenvalue weighted by Crippen LogP contribution is -2.24. The van der Waals surface area contributed by atoms with Crippen molar-refractivity contribution in [3.05, 3.63) is 35.8 Å². The van der Waals surface area contributed by atoms with Crippen LogP contribution in [0.3, 0.4) is 0 Å². The number of fused-ring (bicyclic) bond motifs is 1. The molecule has 2 rings (SSSR count). The molecule has 0 saturated heterocycles. The van der Waals surface area contributed by atoms with E-state index in [1.165, 1.54) is 0 Å². The first-order valence-corrected chi connectivity index (χ1v) is 5.50. The molecule has 0 aliphatic carbocycles. The molecule has 0 radical (unpaired) electrons. The molecule has 16 heavy (non-hydrogen) atoms. The van der Waals surface area contributed by atoms with Crippen molar-refractivity contribution < 1.29 is 5.11 Å². The highest BCUT2D eigenvalue weighted by atomic mass is 16.3. The van der Waals surface area contributed by atoms with E-state index in [0.717, 1.165) is 23.6 Å². The largest absolute Gasteiger partial charge is 0.392 e. The highest BCUT2D eigenvalue weighted by molar-refractivity contribution is 5.42. The number of pyridine rings is 1. The third kappa shape index (κ3) is 2.23. The van der Waals surface area contributed by atoms with E-state index in [4.69, 9.17) is 0 Å². The maximum atomic E-state index is 9.18. The molecule has 2 aromatic rings. The Morgan fingerprint density at radius 2 is 2.31 bits per heavy atom. The van der Waals surface area contributed by atoms with Gasteiger partial charge in [0, 0.05) is 19.3 Å². The van der Waals surface area contributed by atoms with Gasteiger partial charge < -0.3 is 14.8 Å². The second-order valence-electron chi connectivity index (χ2n) is 4.05. The summed E-state index contributed by atoms with van der Waals surface area (Å²) >= 11 is 0. The van der Waals surface area contributed by atoms with Gasteiger partial charge in [-0.05, 0) is 26.0 Å². The number of nitrogens with zero attached hydrogens (tertiary/aromatic N) is 2. The number of aliphatic hydroxyl groups excluding tert-OH is 1. The molecule has 4 nitrogen and oxygen atoms in total. The van der Waals surface area contributed by atoms with Crippen LogP contribution >= 0.6 is 0 Å². The Labute approximate surface area is 94.9 Å². The normalized spacial score (nSPS) is 13.2. The van der Waals surface area contributed by atoms with Crippen LogP contribution in [-0.4, -0.2) is 27.1 Å². The first-order valence-electron chi connectivity index (χ1n) is 5.50. The number of aliphatic hydroxyl groups is 1. The first-order chi connectivity index (χ1) is 7.68. The minimum atomic E-state index is -0.320. The summed E-state index contributed by atoms with van der Waals surface area (Å²) in [5.74, 6) is 0. The molecule has 1 unspecified atom stereocenters. The maximum absolute atomic E-state index is 9.18. The fourth-order valence-electron chi connectivity index (χ4n) is 1.78. The van der Waals surface area contributed by atoms with Crippen molar-refractivity contribution in [2.45, 2.75) is 26.5 Å². The van der Waals surface area contributed by atoms with Crippen molar-refractivity contribution in [1.29, 1.82) is 0 Å². The lowest BCUT2D eigenvalue weighted by Gasteiger charge is -2.07. The third-order valence-corrected chi connectivity index (χ3v) is 2.56. The predicted octanol–water partition coefficient (Wildman–Crippen LogP) is 1.11. The van der Waals surface area contributed by atoms with E-state index in [-0.39, 0.29) is 6.10 Å². The summed E-state index contributed by atoms with van der Waals surface area (Å²) in [4.78, 5) is 4.47. The smallest absolute Gasteiger partial charge is 0.137 e. The number of rotatable bonds is 4. The van der Waals surface area contributed by atoms with E-state index in [1.54, 1.807) is 6.92 Å². The molecule has 0 aliphatic heterocycles. The van der Waals surface area contributed by atoms with Gasteiger partial charge in [0.05, 0.1) is 17.5 Å². The van der Waals surface area contributed by atoms with Crippen molar-refractivity contribution in [1.82, 2.24) is 14.7 Å². The molecule has 0 aliphatic rings. The summed E-state index contributed by atoms with van der Waals surface area (Å²) in [6, 6.07) is 5.96. The molecule has 4 heteroatoms. The molecule has 0 amide bonds. The van der Waals surface area contributed by atoms with Gasteiger partial charge in [-0.3, -0.25) is 0 Å². The summed E-state index contributed by atoms with van der Waals surface area (Å²) in [6.07, 6.45) is 1.69. The number of aryl methyl sites for hydroxylation is 1. The van der Waals surface area contributed by atoms with Gasteiger partial charge in [-0.2, -0.15) is 0 Å². The Kier molecular flexibility index (Phi) is 3.22. The van der Waals surface area contributed by atoms with Crippen molar-refractivity contribution in [2.24, 2.45) is 0 Å². The molecule has 0 fully saturated rings. The second kappa shape index (κ2) is 4.63. The maximum Gasteiger partial charge on any atom is 0.137 e. The number of aromatic nitrogens is 2. The second-order valence-corrected chi connectivity index (χ2v) is 4.05. The van der Waals surface area contributed by atoms with Crippen LogP contribution < -0.4 is 5.32 Å². The number of nitrogens with one attached hydrogen (secondary N) is 1. The molecule has 0 saturated carbocycles. The van der Waals surface area contributed by atoms with Gasteiger partial charge >= 0.3 is 0 Å². The highest BCUT2D eigenvalue weighted by Gasteiger charge is 2.07. The van der Waals surface area contributed by atoms with Gasteiger partial charge in [0.15, 0.2) is 0 Å². The van der Waals surface area contributed by atoms with E-state index >= 15 is 0 Å². The fourth-order valence-corrected chi connectivity index (χ4v) is 1.78. The lowest BCUT2D eigenvalue weighted by molar-refractivity contribution is 0.190. The zero-order chi connectivity index (χ0) is 11.5. The molecule has 0 aromatic carbocycles. The predicted molar refractivity (Wildman–Crippen MR) is 63.3 cm³/mol. The Morgan fingerprint density at radius 1 is 1.50 bits per heavy atom. The lowest BCUT2D eigenvalue weighted by atomic mass is 10.3. The number of hydrogen-bond donors (Lipinski definition) is 2. The quantitative estimate of drug-likeness (QED) is 0.810. The standard InChI is InChI=1S/C12H17N3O/c1-9(16)7-13-8-11-10(2)14-12-5-3-4-6-15(11)12/h3-6,9,13,16H,7-8H2,1-2H3. The molecule has 0 bridgehead atoms. The summed E-state index contributed by atoms with van der Waals surface area (Å²) in [7, 11) is 0. The molecule has 86 valence electrons. The molecule has 2 aromatic heterocycles. The fraction of sp³-hybridized carbons (Fsp3) is 0.417. The minimum absolute atomic E-state index is 0.320. The molecular formula is C12H17N3O. The van der Waals surface area contributed by atoms with Crippen LogP contribution in [0.5, 0.6) is 0 Å². The monoisotopic (exact) mass is 219 g/mol. The van der Waals surface area contributed by atoms with Gasteiger partial charge in [-0.25, -0.2) is 4.98 Å². The molecule has 0 spiro atoms. The Bertz CT molecular complexity index is 476. The highest BCUT2D eigenvalue weighted by Crippen LogP contribution is 2.11. The van der Waals surface area contributed by atoms with E-state index in [0.29, 0.717) is 6.54 Å². The third-order valence-electron chi connectivity index (χ3n) is 2.56.